The van der Waals surface area contributed by atoms with Gasteiger partial charge in [-0.25, -0.2) is 4.98 Å². The van der Waals surface area contributed by atoms with Crippen LogP contribution in [0.4, 0.5) is 5.69 Å². The van der Waals surface area contributed by atoms with E-state index in [1.807, 2.05) is 27.7 Å². The van der Waals surface area contributed by atoms with Crippen molar-refractivity contribution in [3.05, 3.63) is 23.0 Å². The standard InChI is InChI=1S/C18H28ClN3O2/c1-11(2)21-15-9-16(19)20-10-14(15)17(23)22-13-7-5-12(6-8-13)18(3,4)24/h9-13,24H,5-8H2,1-4H3,(H,20,21)(H,22,23)/t12-,13-. The highest BCUT2D eigenvalue weighted by molar-refractivity contribution is 6.29. The number of hydrogen-bond donors (Lipinski definition) is 3. The van der Waals surface area contributed by atoms with Crippen molar-refractivity contribution in [1.82, 2.24) is 10.3 Å². The van der Waals surface area contributed by atoms with Gasteiger partial charge in [-0.15, -0.1) is 0 Å². The minimum atomic E-state index is -0.649. The van der Waals surface area contributed by atoms with Crippen LogP contribution < -0.4 is 10.6 Å². The molecule has 0 unspecified atom stereocenters. The minimum Gasteiger partial charge on any atom is -0.390 e. The maximum atomic E-state index is 12.6. The van der Waals surface area contributed by atoms with Gasteiger partial charge >= 0.3 is 0 Å². The highest BCUT2D eigenvalue weighted by atomic mass is 35.5. The fourth-order valence-corrected chi connectivity index (χ4v) is 3.41. The number of anilines is 1. The first-order chi connectivity index (χ1) is 11.2. The summed E-state index contributed by atoms with van der Waals surface area (Å²) in [5.74, 6) is 0.162. The smallest absolute Gasteiger partial charge is 0.255 e. The Hall–Kier alpha value is -1.33. The Labute approximate surface area is 149 Å². The highest BCUT2D eigenvalue weighted by Gasteiger charge is 2.32. The maximum Gasteiger partial charge on any atom is 0.255 e. The van der Waals surface area contributed by atoms with Crippen LogP contribution in [0.2, 0.25) is 5.15 Å². The number of amides is 1. The Morgan fingerprint density at radius 1 is 1.33 bits per heavy atom. The van der Waals surface area contributed by atoms with Crippen LogP contribution in [-0.4, -0.2) is 33.7 Å². The van der Waals surface area contributed by atoms with Gasteiger partial charge in [-0.3, -0.25) is 4.79 Å². The summed E-state index contributed by atoms with van der Waals surface area (Å²) < 4.78 is 0. The number of hydrogen-bond acceptors (Lipinski definition) is 4. The van der Waals surface area contributed by atoms with Crippen LogP contribution in [0.5, 0.6) is 0 Å². The number of nitrogens with one attached hydrogen (secondary N) is 2. The van der Waals surface area contributed by atoms with Crippen molar-refractivity contribution in [2.24, 2.45) is 5.92 Å². The summed E-state index contributed by atoms with van der Waals surface area (Å²) in [6, 6.07) is 2.01. The molecular weight excluding hydrogens is 326 g/mol. The lowest BCUT2D eigenvalue weighted by Crippen LogP contribution is -2.42. The van der Waals surface area contributed by atoms with E-state index >= 15 is 0 Å². The number of aromatic nitrogens is 1. The number of carbonyl (C=O) groups excluding carboxylic acids is 1. The monoisotopic (exact) mass is 353 g/mol. The van der Waals surface area contributed by atoms with Gasteiger partial charge in [-0.2, -0.15) is 0 Å². The Kier molecular flexibility index (Phi) is 6.10. The van der Waals surface area contributed by atoms with E-state index < -0.39 is 5.60 Å². The molecule has 1 aromatic rings. The van der Waals surface area contributed by atoms with E-state index in [1.165, 1.54) is 6.20 Å². The van der Waals surface area contributed by atoms with E-state index in [0.717, 1.165) is 25.7 Å². The van der Waals surface area contributed by atoms with Gasteiger partial charge in [0.05, 0.1) is 16.9 Å². The molecule has 1 aliphatic carbocycles. The van der Waals surface area contributed by atoms with Gasteiger partial charge in [0.1, 0.15) is 5.15 Å². The molecule has 0 aliphatic heterocycles. The third-order valence-corrected chi connectivity index (χ3v) is 4.83. The summed E-state index contributed by atoms with van der Waals surface area (Å²) in [5.41, 5.74) is 0.564. The Bertz CT molecular complexity index is 576. The predicted molar refractivity (Wildman–Crippen MR) is 97.5 cm³/mol. The fourth-order valence-electron chi connectivity index (χ4n) is 3.25. The Balaban J connectivity index is 2.01. The van der Waals surface area contributed by atoms with Gasteiger partial charge in [-0.05, 0) is 65.4 Å². The summed E-state index contributed by atoms with van der Waals surface area (Å²) in [4.78, 5) is 16.7. The van der Waals surface area contributed by atoms with Gasteiger partial charge in [0.25, 0.3) is 5.91 Å². The lowest BCUT2D eigenvalue weighted by atomic mass is 9.77. The number of aliphatic hydroxyl groups is 1. The van der Waals surface area contributed by atoms with Gasteiger partial charge < -0.3 is 15.7 Å². The van der Waals surface area contributed by atoms with Gasteiger partial charge in [0, 0.05) is 18.3 Å². The molecule has 1 fully saturated rings. The van der Waals surface area contributed by atoms with E-state index in [1.54, 1.807) is 6.07 Å². The summed E-state index contributed by atoms with van der Waals surface area (Å²) in [6.07, 6.45) is 5.13. The molecule has 0 saturated heterocycles. The number of pyridine rings is 1. The fraction of sp³-hybridized carbons (Fsp3) is 0.667. The summed E-state index contributed by atoms with van der Waals surface area (Å²) in [5, 5.41) is 16.8. The molecular formula is C18H28ClN3O2. The molecule has 3 N–H and O–H groups in total. The lowest BCUT2D eigenvalue weighted by molar-refractivity contribution is -0.00257. The van der Waals surface area contributed by atoms with Crippen molar-refractivity contribution < 1.29 is 9.90 Å². The first-order valence-corrected chi connectivity index (χ1v) is 9.00. The topological polar surface area (TPSA) is 74.2 Å². The van der Waals surface area contributed by atoms with Gasteiger partial charge in [0.15, 0.2) is 0 Å². The van der Waals surface area contributed by atoms with Crippen LogP contribution in [-0.2, 0) is 0 Å². The van der Waals surface area contributed by atoms with Crippen molar-refractivity contribution in [3.63, 3.8) is 0 Å². The van der Waals surface area contributed by atoms with E-state index in [-0.39, 0.29) is 18.0 Å². The van der Waals surface area contributed by atoms with Crippen molar-refractivity contribution in [1.29, 1.82) is 0 Å². The van der Waals surface area contributed by atoms with Crippen molar-refractivity contribution >= 4 is 23.2 Å². The van der Waals surface area contributed by atoms with E-state index in [9.17, 15) is 9.90 Å². The van der Waals surface area contributed by atoms with Crippen LogP contribution >= 0.6 is 11.6 Å². The highest BCUT2D eigenvalue weighted by Crippen LogP contribution is 2.32. The SMILES string of the molecule is CC(C)Nc1cc(Cl)ncc1C(=O)N[C@H]1CC[C@H](C(C)(C)O)CC1. The van der Waals surface area contributed by atoms with Crippen molar-refractivity contribution in [2.45, 2.75) is 71.1 Å². The average molecular weight is 354 g/mol. The van der Waals surface area contributed by atoms with E-state index in [0.29, 0.717) is 22.3 Å². The normalized spacial score (nSPS) is 21.6. The first kappa shape index (κ1) is 19.0. The van der Waals surface area contributed by atoms with Crippen molar-refractivity contribution in [2.75, 3.05) is 5.32 Å². The maximum absolute atomic E-state index is 12.6. The quantitative estimate of drug-likeness (QED) is 0.707. The first-order valence-electron chi connectivity index (χ1n) is 8.62. The van der Waals surface area contributed by atoms with Crippen LogP contribution in [0.15, 0.2) is 12.3 Å². The van der Waals surface area contributed by atoms with Crippen LogP contribution in [0, 0.1) is 5.92 Å². The molecule has 0 bridgehead atoms. The molecule has 134 valence electrons. The number of nitrogens with zero attached hydrogens (tertiary/aromatic N) is 1. The molecule has 1 heterocycles. The second-order valence-electron chi connectivity index (χ2n) is 7.53. The van der Waals surface area contributed by atoms with Gasteiger partial charge in [-0.1, -0.05) is 11.6 Å². The molecule has 1 aromatic heterocycles. The third-order valence-electron chi connectivity index (χ3n) is 4.62. The molecule has 1 aliphatic rings. The summed E-state index contributed by atoms with van der Waals surface area (Å²) >= 11 is 5.95. The lowest BCUT2D eigenvalue weighted by Gasteiger charge is -2.36. The molecule has 24 heavy (non-hydrogen) atoms. The van der Waals surface area contributed by atoms with Crippen LogP contribution in [0.1, 0.15) is 63.7 Å². The van der Waals surface area contributed by atoms with Gasteiger partial charge in [0.2, 0.25) is 0 Å². The molecule has 0 atom stereocenters. The largest absolute Gasteiger partial charge is 0.390 e. The zero-order valence-corrected chi connectivity index (χ0v) is 15.7. The zero-order valence-electron chi connectivity index (χ0n) is 14.9. The van der Waals surface area contributed by atoms with Crippen LogP contribution in [0.3, 0.4) is 0 Å². The van der Waals surface area contributed by atoms with Crippen LogP contribution in [0.25, 0.3) is 0 Å². The minimum absolute atomic E-state index is 0.131. The van der Waals surface area contributed by atoms with E-state index in [4.69, 9.17) is 11.6 Å². The second kappa shape index (κ2) is 7.70. The molecule has 0 radical (unpaired) electrons. The molecule has 1 amide bonds. The Morgan fingerprint density at radius 2 is 1.96 bits per heavy atom. The Morgan fingerprint density at radius 3 is 2.50 bits per heavy atom. The number of carbonyl (C=O) groups is 1. The number of rotatable bonds is 5. The summed E-state index contributed by atoms with van der Waals surface area (Å²) in [7, 11) is 0. The zero-order chi connectivity index (χ0) is 17.9. The summed E-state index contributed by atoms with van der Waals surface area (Å²) in [6.45, 7) is 7.74. The molecule has 0 aromatic carbocycles. The van der Waals surface area contributed by atoms with Crippen molar-refractivity contribution in [3.8, 4) is 0 Å². The number of halogens is 1. The molecule has 6 heteroatoms. The van der Waals surface area contributed by atoms with E-state index in [2.05, 4.69) is 15.6 Å². The predicted octanol–water partition coefficient (Wildman–Crippen LogP) is 3.61. The third kappa shape index (κ3) is 5.08. The molecule has 2 rings (SSSR count). The second-order valence-corrected chi connectivity index (χ2v) is 7.91. The molecule has 0 spiro atoms. The molecule has 5 nitrogen and oxygen atoms in total. The molecule has 1 saturated carbocycles. The average Bonchev–Trinajstić information content (AvgIpc) is 2.46.